The maximum atomic E-state index is 11.8. The number of hydrogen-bond donors (Lipinski definition) is 7. The highest BCUT2D eigenvalue weighted by molar-refractivity contribution is 8.00. The summed E-state index contributed by atoms with van der Waals surface area (Å²) >= 11 is 0.896. The molecular formula is C10H16N5O12P3S. The average Bonchev–Trinajstić information content (AvgIpc) is 3.13. The van der Waals surface area contributed by atoms with Crippen molar-refractivity contribution < 1.29 is 56.6 Å². The molecule has 0 aromatic carbocycles. The van der Waals surface area contributed by atoms with E-state index in [9.17, 15) is 28.8 Å². The van der Waals surface area contributed by atoms with Crippen LogP contribution in [0.3, 0.4) is 0 Å². The van der Waals surface area contributed by atoms with Gasteiger partial charge in [-0.2, -0.15) is 8.62 Å². The van der Waals surface area contributed by atoms with Crippen LogP contribution in [0.2, 0.25) is 0 Å². The number of phosphoric acid groups is 3. The third-order valence-electron chi connectivity index (χ3n) is 3.82. The van der Waals surface area contributed by atoms with Gasteiger partial charge >= 0.3 is 23.5 Å². The number of fused-ring (bicyclic) bond motifs is 1. The van der Waals surface area contributed by atoms with Gasteiger partial charge in [0.15, 0.2) is 11.5 Å². The van der Waals surface area contributed by atoms with Crippen molar-refractivity contribution in [3.8, 4) is 0 Å². The van der Waals surface area contributed by atoms with E-state index in [1.807, 2.05) is 0 Å². The highest BCUT2D eigenvalue weighted by Gasteiger charge is 2.46. The van der Waals surface area contributed by atoms with Gasteiger partial charge in [-0.1, -0.05) is 0 Å². The summed E-state index contributed by atoms with van der Waals surface area (Å²) in [4.78, 5) is 47.5. The van der Waals surface area contributed by atoms with Gasteiger partial charge in [-0.3, -0.25) is 9.09 Å². The van der Waals surface area contributed by atoms with Crippen LogP contribution < -0.4 is 5.73 Å². The molecule has 0 radical (unpaired) electrons. The standard InChI is InChI=1S/C10H16N5O12P3S/c11-8-5-9(13-2-12-8)15(3-14-5)10-7(17)6(16)4(31-10)1-25-29(21,22)27-30(23,24)26-28(18,19)20/h2-4,6-7,10,16-17H,1H2,(H,21,22)(H,23,24)(H2,11,12,13)(H2,18,19,20)/t4-,6-,7-,10-/m1/s1. The zero-order chi connectivity index (χ0) is 23.2. The van der Waals surface area contributed by atoms with E-state index in [1.165, 1.54) is 17.2 Å². The zero-order valence-corrected chi connectivity index (χ0v) is 18.4. The third kappa shape index (κ3) is 5.89. The quantitative estimate of drug-likeness (QED) is 0.206. The first kappa shape index (κ1) is 24.7. The number of rotatable bonds is 8. The van der Waals surface area contributed by atoms with Crippen LogP contribution >= 0.6 is 35.2 Å². The lowest BCUT2D eigenvalue weighted by Gasteiger charge is -2.19. The van der Waals surface area contributed by atoms with Crippen molar-refractivity contribution >= 4 is 52.2 Å². The number of nitrogen functional groups attached to an aromatic ring is 1. The minimum absolute atomic E-state index is 0.0889. The summed E-state index contributed by atoms with van der Waals surface area (Å²) < 4.78 is 46.9. The molecule has 1 aliphatic heterocycles. The van der Waals surface area contributed by atoms with E-state index in [0.29, 0.717) is 0 Å². The first-order valence-electron chi connectivity index (χ1n) is 7.92. The SMILES string of the molecule is Nc1ncnc2c1ncn2[C@@H]1S[C@H](COP(=O)(O)OP(=O)(O)OP(=O)(O)O)[C@@H](O)[C@H]1O. The van der Waals surface area contributed by atoms with Gasteiger partial charge in [0.1, 0.15) is 23.3 Å². The molecule has 174 valence electrons. The van der Waals surface area contributed by atoms with Gasteiger partial charge in [-0.25, -0.2) is 28.6 Å². The summed E-state index contributed by atoms with van der Waals surface area (Å²) in [6, 6.07) is 0. The molecule has 31 heavy (non-hydrogen) atoms. The topological polar surface area (TPSA) is 270 Å². The van der Waals surface area contributed by atoms with Crippen molar-refractivity contribution in [3.63, 3.8) is 0 Å². The van der Waals surface area contributed by atoms with E-state index in [-0.39, 0.29) is 17.0 Å². The van der Waals surface area contributed by atoms with Crippen molar-refractivity contribution in [3.05, 3.63) is 12.7 Å². The largest absolute Gasteiger partial charge is 0.490 e. The van der Waals surface area contributed by atoms with Crippen LogP contribution in [-0.2, 0) is 26.8 Å². The summed E-state index contributed by atoms with van der Waals surface area (Å²) in [6.45, 7) is -0.771. The first-order valence-corrected chi connectivity index (χ1v) is 13.4. The predicted molar refractivity (Wildman–Crippen MR) is 102 cm³/mol. The Bertz CT molecular complexity index is 1110. The minimum atomic E-state index is -5.67. The molecule has 6 atom stereocenters. The van der Waals surface area contributed by atoms with Gasteiger partial charge in [0.05, 0.1) is 24.3 Å². The molecule has 0 spiro atoms. The first-order chi connectivity index (χ1) is 14.2. The molecule has 1 aliphatic rings. The molecule has 1 fully saturated rings. The molecule has 2 unspecified atom stereocenters. The number of nitrogens with zero attached hydrogens (tertiary/aromatic N) is 4. The van der Waals surface area contributed by atoms with Crippen LogP contribution in [0.4, 0.5) is 5.82 Å². The van der Waals surface area contributed by atoms with E-state index in [0.717, 1.165) is 11.8 Å². The van der Waals surface area contributed by atoms with Crippen LogP contribution in [0.1, 0.15) is 5.37 Å². The van der Waals surface area contributed by atoms with Crippen molar-refractivity contribution in [2.45, 2.75) is 22.8 Å². The van der Waals surface area contributed by atoms with Crippen LogP contribution in [0.25, 0.3) is 11.2 Å². The Morgan fingerprint density at radius 1 is 1.03 bits per heavy atom. The Hall–Kier alpha value is -0.970. The summed E-state index contributed by atoms with van der Waals surface area (Å²) in [5.41, 5.74) is 6.21. The van der Waals surface area contributed by atoms with Gasteiger partial charge in [-0.15, -0.1) is 11.8 Å². The lowest BCUT2D eigenvalue weighted by molar-refractivity contribution is 0.0111. The number of aromatic nitrogens is 4. The molecule has 2 aromatic rings. The van der Waals surface area contributed by atoms with Crippen LogP contribution in [0, 0.1) is 0 Å². The van der Waals surface area contributed by atoms with Gasteiger partial charge in [-0.05, 0) is 0 Å². The molecule has 1 saturated heterocycles. The van der Waals surface area contributed by atoms with E-state index >= 15 is 0 Å². The lowest BCUT2D eigenvalue weighted by atomic mass is 10.1. The Balaban J connectivity index is 1.69. The van der Waals surface area contributed by atoms with E-state index in [1.54, 1.807) is 0 Å². The third-order valence-corrected chi connectivity index (χ3v) is 9.17. The monoisotopic (exact) mass is 523 g/mol. The Morgan fingerprint density at radius 2 is 1.71 bits per heavy atom. The van der Waals surface area contributed by atoms with Crippen LogP contribution in [0.15, 0.2) is 12.7 Å². The highest BCUT2D eigenvalue weighted by Crippen LogP contribution is 2.66. The molecule has 17 nitrogen and oxygen atoms in total. The molecule has 3 rings (SSSR count). The number of aliphatic hydroxyl groups excluding tert-OH is 2. The van der Waals surface area contributed by atoms with Crippen molar-refractivity contribution in [1.29, 1.82) is 0 Å². The molecule has 8 N–H and O–H groups in total. The number of imidazole rings is 1. The van der Waals surface area contributed by atoms with Crippen molar-refractivity contribution in [2.24, 2.45) is 0 Å². The normalized spacial score (nSPS) is 28.5. The van der Waals surface area contributed by atoms with Gasteiger partial charge in [0.2, 0.25) is 0 Å². The average molecular weight is 523 g/mol. The van der Waals surface area contributed by atoms with Gasteiger partial charge < -0.3 is 35.5 Å². The summed E-state index contributed by atoms with van der Waals surface area (Å²) in [6.07, 6.45) is -0.425. The second kappa shape index (κ2) is 8.76. The molecule has 3 heterocycles. The predicted octanol–water partition coefficient (Wildman–Crippen LogP) is -0.912. The Morgan fingerprint density at radius 3 is 2.35 bits per heavy atom. The number of anilines is 1. The fraction of sp³-hybridized carbons (Fsp3) is 0.500. The maximum absolute atomic E-state index is 11.8. The fourth-order valence-electron chi connectivity index (χ4n) is 2.62. The minimum Gasteiger partial charge on any atom is -0.389 e. The number of thioether (sulfide) groups is 1. The molecule has 2 aromatic heterocycles. The fourth-order valence-corrected chi connectivity index (χ4v) is 7.20. The number of nitrogens with two attached hydrogens (primary N) is 1. The molecular weight excluding hydrogens is 507 g/mol. The smallest absolute Gasteiger partial charge is 0.389 e. The molecule has 0 amide bonds. The summed E-state index contributed by atoms with van der Waals surface area (Å²) in [5.74, 6) is 0.0889. The second-order valence-corrected chi connectivity index (χ2v) is 11.8. The maximum Gasteiger partial charge on any atom is 0.490 e. The molecule has 21 heteroatoms. The molecule has 0 bridgehead atoms. The van der Waals surface area contributed by atoms with Gasteiger partial charge in [0.25, 0.3) is 0 Å². The van der Waals surface area contributed by atoms with E-state index < -0.39 is 52.9 Å². The van der Waals surface area contributed by atoms with E-state index in [2.05, 4.69) is 28.1 Å². The zero-order valence-electron chi connectivity index (χ0n) is 14.9. The lowest BCUT2D eigenvalue weighted by Crippen LogP contribution is -2.33. The Labute approximate surface area is 176 Å². The summed E-state index contributed by atoms with van der Waals surface area (Å²) in [7, 11) is -16.6. The van der Waals surface area contributed by atoms with Crippen LogP contribution in [-0.4, -0.2) is 73.4 Å². The summed E-state index contributed by atoms with van der Waals surface area (Å²) in [5, 5.41) is 18.7. The number of phosphoric ester groups is 1. The second-order valence-electron chi connectivity index (χ2n) is 6.02. The van der Waals surface area contributed by atoms with Crippen molar-refractivity contribution in [1.82, 2.24) is 19.5 Å². The molecule has 0 saturated carbocycles. The number of aliphatic hydroxyl groups is 2. The van der Waals surface area contributed by atoms with Gasteiger partial charge in [0, 0.05) is 0 Å². The number of hydrogen-bond acceptors (Lipinski definition) is 13. The van der Waals surface area contributed by atoms with Crippen LogP contribution in [0.5, 0.6) is 0 Å². The van der Waals surface area contributed by atoms with E-state index in [4.69, 9.17) is 20.4 Å². The Kier molecular flexibility index (Phi) is 6.97. The highest BCUT2D eigenvalue weighted by atomic mass is 32.2. The van der Waals surface area contributed by atoms with Crippen molar-refractivity contribution in [2.75, 3.05) is 12.3 Å². The molecule has 0 aliphatic carbocycles.